The molecule has 24 heavy (non-hydrogen) atoms. The molecular formula is C18H28ClN3O2. The first-order valence-corrected chi connectivity index (χ1v) is 9.11. The van der Waals surface area contributed by atoms with Crippen molar-refractivity contribution in [3.8, 4) is 0 Å². The standard InChI is InChI=1S/C18H28ClN3O2/c1-2-20-18(21-10-9-15-5-7-16(19)8-6-15)22-11-13-23-14-17-4-3-12-24-17/h5-8,17H,2-4,9-14H2,1H3,(H2,20,21,22). The van der Waals surface area contributed by atoms with Crippen LogP contribution >= 0.6 is 11.6 Å². The summed E-state index contributed by atoms with van der Waals surface area (Å²) in [6.07, 6.45) is 3.46. The van der Waals surface area contributed by atoms with E-state index >= 15 is 0 Å². The van der Waals surface area contributed by atoms with Crippen LogP contribution in [0.2, 0.25) is 5.02 Å². The monoisotopic (exact) mass is 353 g/mol. The Kier molecular flexibility index (Phi) is 8.95. The van der Waals surface area contributed by atoms with Crippen molar-refractivity contribution in [3.05, 3.63) is 34.9 Å². The molecule has 0 spiro atoms. The SMILES string of the molecule is CCNC(=NCCOCC1CCCO1)NCCc1ccc(Cl)cc1. The van der Waals surface area contributed by atoms with Gasteiger partial charge in [0.25, 0.3) is 0 Å². The Morgan fingerprint density at radius 2 is 2.17 bits per heavy atom. The van der Waals surface area contributed by atoms with E-state index in [4.69, 9.17) is 21.1 Å². The summed E-state index contributed by atoms with van der Waals surface area (Å²) in [5.74, 6) is 0.826. The van der Waals surface area contributed by atoms with Gasteiger partial charge < -0.3 is 20.1 Å². The summed E-state index contributed by atoms with van der Waals surface area (Å²) in [6, 6.07) is 7.93. The first-order valence-electron chi connectivity index (χ1n) is 8.74. The highest BCUT2D eigenvalue weighted by Crippen LogP contribution is 2.11. The summed E-state index contributed by atoms with van der Waals surface area (Å²) in [5, 5.41) is 7.36. The summed E-state index contributed by atoms with van der Waals surface area (Å²) in [4.78, 5) is 4.53. The number of rotatable bonds is 9. The van der Waals surface area contributed by atoms with Gasteiger partial charge in [-0.05, 0) is 43.9 Å². The minimum atomic E-state index is 0.278. The second-order valence-electron chi connectivity index (χ2n) is 5.77. The number of halogens is 1. The number of guanidine groups is 1. The first-order chi connectivity index (χ1) is 11.8. The Bertz CT molecular complexity index is 488. The Morgan fingerprint density at radius 3 is 2.88 bits per heavy atom. The van der Waals surface area contributed by atoms with Gasteiger partial charge in [-0.3, -0.25) is 4.99 Å². The molecule has 134 valence electrons. The van der Waals surface area contributed by atoms with Crippen LogP contribution in [-0.4, -0.2) is 51.5 Å². The van der Waals surface area contributed by atoms with Crippen molar-refractivity contribution in [1.82, 2.24) is 10.6 Å². The highest BCUT2D eigenvalue weighted by molar-refractivity contribution is 6.30. The summed E-state index contributed by atoms with van der Waals surface area (Å²) >= 11 is 5.90. The van der Waals surface area contributed by atoms with Crippen LogP contribution in [0, 0.1) is 0 Å². The van der Waals surface area contributed by atoms with Gasteiger partial charge in [0.2, 0.25) is 0 Å². The lowest BCUT2D eigenvalue weighted by Crippen LogP contribution is -2.38. The van der Waals surface area contributed by atoms with Crippen molar-refractivity contribution in [2.75, 3.05) is 39.5 Å². The third-order valence-corrected chi connectivity index (χ3v) is 4.05. The van der Waals surface area contributed by atoms with Crippen LogP contribution in [0.25, 0.3) is 0 Å². The van der Waals surface area contributed by atoms with E-state index in [9.17, 15) is 0 Å². The van der Waals surface area contributed by atoms with Crippen molar-refractivity contribution >= 4 is 17.6 Å². The molecule has 1 aromatic carbocycles. The van der Waals surface area contributed by atoms with E-state index in [0.717, 1.165) is 49.9 Å². The van der Waals surface area contributed by atoms with Gasteiger partial charge in [-0.1, -0.05) is 23.7 Å². The molecule has 0 radical (unpaired) electrons. The molecule has 1 aliphatic heterocycles. The largest absolute Gasteiger partial charge is 0.377 e. The molecule has 5 nitrogen and oxygen atoms in total. The minimum Gasteiger partial charge on any atom is -0.377 e. The van der Waals surface area contributed by atoms with Crippen molar-refractivity contribution < 1.29 is 9.47 Å². The lowest BCUT2D eigenvalue weighted by atomic mass is 10.1. The molecule has 1 atom stereocenters. The molecule has 0 bridgehead atoms. The normalized spacial score (nSPS) is 17.9. The van der Waals surface area contributed by atoms with Gasteiger partial charge in [0, 0.05) is 24.7 Å². The van der Waals surface area contributed by atoms with E-state index in [1.54, 1.807) is 0 Å². The molecule has 1 aromatic rings. The summed E-state index contributed by atoms with van der Waals surface area (Å²) in [5.41, 5.74) is 1.25. The Labute approximate surface area is 149 Å². The van der Waals surface area contributed by atoms with Crippen LogP contribution in [0.1, 0.15) is 25.3 Å². The summed E-state index contributed by atoms with van der Waals surface area (Å²) in [7, 11) is 0. The highest BCUT2D eigenvalue weighted by Gasteiger charge is 2.14. The molecule has 0 aromatic heterocycles. The Morgan fingerprint density at radius 1 is 1.33 bits per heavy atom. The summed E-state index contributed by atoms with van der Waals surface area (Å²) in [6.45, 7) is 6.53. The van der Waals surface area contributed by atoms with Gasteiger partial charge >= 0.3 is 0 Å². The fraction of sp³-hybridized carbons (Fsp3) is 0.611. The number of benzene rings is 1. The molecular weight excluding hydrogens is 326 g/mol. The maximum atomic E-state index is 5.90. The fourth-order valence-electron chi connectivity index (χ4n) is 2.53. The van der Waals surface area contributed by atoms with E-state index in [1.807, 2.05) is 24.3 Å². The van der Waals surface area contributed by atoms with E-state index in [-0.39, 0.29) is 6.10 Å². The third-order valence-electron chi connectivity index (χ3n) is 3.80. The van der Waals surface area contributed by atoms with Crippen LogP contribution in [-0.2, 0) is 15.9 Å². The topological polar surface area (TPSA) is 54.9 Å². The van der Waals surface area contributed by atoms with Crippen LogP contribution in [0.4, 0.5) is 0 Å². The molecule has 2 rings (SSSR count). The zero-order valence-corrected chi connectivity index (χ0v) is 15.1. The van der Waals surface area contributed by atoms with Crippen LogP contribution in [0.15, 0.2) is 29.3 Å². The van der Waals surface area contributed by atoms with Crippen molar-refractivity contribution in [3.63, 3.8) is 0 Å². The van der Waals surface area contributed by atoms with Crippen molar-refractivity contribution in [1.29, 1.82) is 0 Å². The molecule has 2 N–H and O–H groups in total. The molecule has 1 aliphatic rings. The molecule has 0 saturated carbocycles. The third kappa shape index (κ3) is 7.51. The van der Waals surface area contributed by atoms with Crippen molar-refractivity contribution in [2.24, 2.45) is 4.99 Å². The lowest BCUT2D eigenvalue weighted by Gasteiger charge is -2.12. The predicted molar refractivity (Wildman–Crippen MR) is 98.9 cm³/mol. The average Bonchev–Trinajstić information content (AvgIpc) is 3.10. The van der Waals surface area contributed by atoms with Gasteiger partial charge in [-0.15, -0.1) is 0 Å². The smallest absolute Gasteiger partial charge is 0.191 e. The molecule has 0 amide bonds. The van der Waals surface area contributed by atoms with Gasteiger partial charge in [-0.25, -0.2) is 0 Å². The van der Waals surface area contributed by atoms with Crippen LogP contribution in [0.5, 0.6) is 0 Å². The zero-order chi connectivity index (χ0) is 17.0. The van der Waals surface area contributed by atoms with Gasteiger partial charge in [-0.2, -0.15) is 0 Å². The molecule has 1 unspecified atom stereocenters. The fourth-order valence-corrected chi connectivity index (χ4v) is 2.66. The number of nitrogens with one attached hydrogen (secondary N) is 2. The first kappa shape index (κ1) is 19.0. The maximum absolute atomic E-state index is 5.90. The second-order valence-corrected chi connectivity index (χ2v) is 6.21. The number of hydrogen-bond donors (Lipinski definition) is 2. The van der Waals surface area contributed by atoms with Gasteiger partial charge in [0.1, 0.15) is 0 Å². The molecule has 1 heterocycles. The molecule has 6 heteroatoms. The van der Waals surface area contributed by atoms with E-state index < -0.39 is 0 Å². The number of aliphatic imine (C=N–C) groups is 1. The van der Waals surface area contributed by atoms with Crippen molar-refractivity contribution in [2.45, 2.75) is 32.3 Å². The van der Waals surface area contributed by atoms with E-state index in [0.29, 0.717) is 19.8 Å². The summed E-state index contributed by atoms with van der Waals surface area (Å²) < 4.78 is 11.2. The quantitative estimate of drug-likeness (QED) is 0.407. The van der Waals surface area contributed by atoms with E-state index in [2.05, 4.69) is 22.5 Å². The maximum Gasteiger partial charge on any atom is 0.191 e. The van der Waals surface area contributed by atoms with E-state index in [1.165, 1.54) is 5.56 Å². The number of hydrogen-bond acceptors (Lipinski definition) is 3. The van der Waals surface area contributed by atoms with Crippen LogP contribution in [0.3, 0.4) is 0 Å². The average molecular weight is 354 g/mol. The molecule has 1 fully saturated rings. The number of ether oxygens (including phenoxy) is 2. The Hall–Kier alpha value is -1.30. The molecule has 1 saturated heterocycles. The van der Waals surface area contributed by atoms with Crippen LogP contribution < -0.4 is 10.6 Å². The lowest BCUT2D eigenvalue weighted by molar-refractivity contribution is 0.0200. The highest BCUT2D eigenvalue weighted by atomic mass is 35.5. The zero-order valence-electron chi connectivity index (χ0n) is 14.4. The second kappa shape index (κ2) is 11.3. The number of nitrogens with zero attached hydrogens (tertiary/aromatic N) is 1. The predicted octanol–water partition coefficient (Wildman–Crippen LogP) is 2.63. The molecule has 0 aliphatic carbocycles. The Balaban J connectivity index is 1.63. The van der Waals surface area contributed by atoms with Gasteiger partial charge in [0.15, 0.2) is 5.96 Å². The van der Waals surface area contributed by atoms with Gasteiger partial charge in [0.05, 0.1) is 25.9 Å². The minimum absolute atomic E-state index is 0.278.